The van der Waals surface area contributed by atoms with E-state index in [1.807, 2.05) is 0 Å². The summed E-state index contributed by atoms with van der Waals surface area (Å²) in [6, 6.07) is 0. The van der Waals surface area contributed by atoms with Crippen molar-refractivity contribution in [2.24, 2.45) is 0 Å². The number of alkyl halides is 3. The van der Waals surface area contributed by atoms with Gasteiger partial charge in [0.2, 0.25) is 4.05 Å². The Labute approximate surface area is 148 Å². The van der Waals surface area contributed by atoms with Crippen molar-refractivity contribution in [1.29, 1.82) is 0 Å². The molecule has 0 aromatic carbocycles. The zero-order valence-corrected chi connectivity index (χ0v) is 18.4. The first kappa shape index (κ1) is 19.1. The van der Waals surface area contributed by atoms with Gasteiger partial charge in [-0.25, -0.2) is 0 Å². The van der Waals surface area contributed by atoms with Crippen LogP contribution in [0.4, 0.5) is 0 Å². The molecule has 6 heteroatoms. The summed E-state index contributed by atoms with van der Waals surface area (Å²) in [7, 11) is 15.8. The predicted octanol–water partition coefficient (Wildman–Crippen LogP) is 2.62. The summed E-state index contributed by atoms with van der Waals surface area (Å²) in [5, 5.41) is 0. The van der Waals surface area contributed by atoms with Crippen LogP contribution in [0.2, 0.25) is 0 Å². The molecule has 0 N–H and O–H groups in total. The maximum Gasteiger partial charge on any atom is 0.258 e. The predicted molar refractivity (Wildman–Crippen MR) is 102 cm³/mol. The first-order chi connectivity index (χ1) is 7.32. The molecule has 0 aliphatic carbocycles. The number of halogens is 3. The average Bonchev–Trinajstić information content (AvgIpc) is 2.11. The zero-order valence-electron chi connectivity index (χ0n) is 12.0. The van der Waals surface area contributed by atoms with Crippen LogP contribution in [-0.4, -0.2) is 81.9 Å². The third kappa shape index (κ3) is 5.52. The number of nitrogens with zero attached hydrogens (tertiary/aromatic N) is 3. The second-order valence-corrected chi connectivity index (χ2v) is 12.8. The molecule has 0 fully saturated rings. The fourth-order valence-corrected chi connectivity index (χ4v) is 3.93. The topological polar surface area (TPSA) is 3.24 Å². The molecule has 104 valence electrons. The molecule has 0 saturated heterocycles. The van der Waals surface area contributed by atoms with E-state index in [9.17, 15) is 0 Å². The van der Waals surface area contributed by atoms with Gasteiger partial charge in [0.15, 0.2) is 0 Å². The minimum absolute atomic E-state index is 0.186. The molecule has 0 amide bonds. The molecule has 0 spiro atoms. The monoisotopic (exact) mass is 581 g/mol. The van der Waals surface area contributed by atoms with Crippen molar-refractivity contribution in [2.45, 2.75) is 5.60 Å². The third-order valence-electron chi connectivity index (χ3n) is 2.92. The van der Waals surface area contributed by atoms with Gasteiger partial charge in [-0.15, -0.1) is 0 Å². The highest BCUT2D eigenvalue weighted by Gasteiger charge is 2.52. The van der Waals surface area contributed by atoms with Gasteiger partial charge in [0.25, 0.3) is 1.55 Å². The molecule has 0 aromatic heterocycles. The van der Waals surface area contributed by atoms with Gasteiger partial charge < -0.3 is 13.9 Å². The van der Waals surface area contributed by atoms with Crippen LogP contribution in [0, 0.1) is 0 Å². The summed E-state index contributed by atoms with van der Waals surface area (Å²) in [5.74, 6) is 0. The van der Waals surface area contributed by atoms with Gasteiger partial charge in [0.05, 0.1) is 41.8 Å². The summed E-state index contributed by atoms with van der Waals surface area (Å²) in [6.45, 7) is 2.31. The maximum atomic E-state index is 2.62. The van der Waals surface area contributed by atoms with E-state index in [-0.39, 0.29) is 1.55 Å². The molecule has 3 nitrogen and oxygen atoms in total. The molecule has 0 rings (SSSR count). The minimum Gasteiger partial charge on any atom is -0.310 e. The summed E-state index contributed by atoms with van der Waals surface area (Å²) in [6.07, 6.45) is 0. The van der Waals surface area contributed by atoms with Crippen molar-refractivity contribution in [2.75, 3.05) is 62.4 Å². The van der Waals surface area contributed by atoms with E-state index in [0.717, 1.165) is 15.5 Å². The van der Waals surface area contributed by atoms with E-state index in [4.69, 9.17) is 0 Å². The van der Waals surface area contributed by atoms with Gasteiger partial charge in [-0.2, -0.15) is 0 Å². The molecule has 1 unspecified atom stereocenters. The Bertz CT molecular complexity index is 247. The Hall–Kier alpha value is 2.07. The SMILES string of the molecule is CN(C)CC[N+](C)(C)C(I)C(I)(I)[N+](C)(C)C. The summed E-state index contributed by atoms with van der Waals surface area (Å²) in [5.41, 5.74) is 0. The zero-order chi connectivity index (χ0) is 14.1. The fourth-order valence-electron chi connectivity index (χ4n) is 1.31. The number of quaternary nitrogens is 2. The Morgan fingerprint density at radius 2 is 1.47 bits per heavy atom. The van der Waals surface area contributed by atoms with E-state index >= 15 is 0 Å². The Morgan fingerprint density at radius 1 is 1.06 bits per heavy atom. The summed E-state index contributed by atoms with van der Waals surface area (Å²) < 4.78 is 2.75. The maximum absolute atomic E-state index is 2.62. The molecule has 0 heterocycles. The highest BCUT2D eigenvalue weighted by atomic mass is 127. The molecule has 0 aliphatic heterocycles. The molecule has 0 aromatic rings. The largest absolute Gasteiger partial charge is 0.310 e. The van der Waals surface area contributed by atoms with E-state index in [0.29, 0.717) is 4.05 Å². The minimum atomic E-state index is 0.186. The lowest BCUT2D eigenvalue weighted by molar-refractivity contribution is -0.949. The normalized spacial score (nSPS) is 16.4. The highest BCUT2D eigenvalue weighted by Crippen LogP contribution is 2.44. The van der Waals surface area contributed by atoms with E-state index in [2.05, 4.69) is 122 Å². The average molecular weight is 581 g/mol. The smallest absolute Gasteiger partial charge is 0.258 e. The second kappa shape index (κ2) is 6.68. The van der Waals surface area contributed by atoms with Crippen LogP contribution in [0.1, 0.15) is 0 Å². The van der Waals surface area contributed by atoms with Crippen LogP contribution < -0.4 is 0 Å². The molecule has 0 saturated carbocycles. The van der Waals surface area contributed by atoms with Gasteiger partial charge >= 0.3 is 0 Å². The lowest BCUT2D eigenvalue weighted by atomic mass is 10.3. The molecular formula is C11H26I3N3+2. The molecular weight excluding hydrogens is 555 g/mol. The van der Waals surface area contributed by atoms with Crippen LogP contribution in [-0.2, 0) is 0 Å². The molecule has 17 heavy (non-hydrogen) atoms. The quantitative estimate of drug-likeness (QED) is 0.202. The summed E-state index contributed by atoms with van der Waals surface area (Å²) in [4.78, 5) is 2.26. The van der Waals surface area contributed by atoms with Crippen molar-refractivity contribution in [3.8, 4) is 0 Å². The van der Waals surface area contributed by atoms with Crippen LogP contribution in [0.15, 0.2) is 0 Å². The van der Waals surface area contributed by atoms with Crippen LogP contribution >= 0.6 is 67.8 Å². The Balaban J connectivity index is 4.84. The van der Waals surface area contributed by atoms with Crippen LogP contribution in [0.5, 0.6) is 0 Å². The van der Waals surface area contributed by atoms with Crippen LogP contribution in [0.25, 0.3) is 0 Å². The Morgan fingerprint density at radius 3 is 1.76 bits per heavy atom. The van der Waals surface area contributed by atoms with E-state index in [1.54, 1.807) is 0 Å². The fraction of sp³-hybridized carbons (Fsp3) is 1.00. The van der Waals surface area contributed by atoms with Crippen LogP contribution in [0.3, 0.4) is 0 Å². The number of rotatable bonds is 6. The first-order valence-electron chi connectivity index (χ1n) is 5.63. The lowest BCUT2D eigenvalue weighted by Crippen LogP contribution is -2.64. The van der Waals surface area contributed by atoms with Gasteiger partial charge in [0, 0.05) is 51.7 Å². The second-order valence-electron chi connectivity index (χ2n) is 6.24. The molecule has 1 atom stereocenters. The third-order valence-corrected chi connectivity index (χ3v) is 11.8. The number of hydrogen-bond acceptors (Lipinski definition) is 1. The van der Waals surface area contributed by atoms with E-state index < -0.39 is 0 Å². The molecule has 0 bridgehead atoms. The van der Waals surface area contributed by atoms with Crippen molar-refractivity contribution in [1.82, 2.24) is 4.90 Å². The molecule has 0 aliphatic rings. The summed E-state index contributed by atoms with van der Waals surface area (Å²) >= 11 is 7.85. The first-order valence-corrected chi connectivity index (χ1v) is 9.03. The lowest BCUT2D eigenvalue weighted by Gasteiger charge is -2.46. The van der Waals surface area contributed by atoms with Crippen molar-refractivity contribution >= 4 is 67.8 Å². The number of hydrogen-bond donors (Lipinski definition) is 0. The van der Waals surface area contributed by atoms with Gasteiger partial charge in [0.1, 0.15) is 0 Å². The van der Waals surface area contributed by atoms with Crippen molar-refractivity contribution < 1.29 is 8.97 Å². The van der Waals surface area contributed by atoms with Gasteiger partial charge in [-0.3, -0.25) is 0 Å². The van der Waals surface area contributed by atoms with Gasteiger partial charge in [-0.1, -0.05) is 0 Å². The standard InChI is InChI=1S/C11H26I3N3/c1-15(2)8-9-17(6,7)10(12)11(13,14)16(3,4)5/h10H,8-9H2,1-7H3/q+2. The number of likely N-dealkylation sites (N-methyl/N-ethyl adjacent to an activating group) is 3. The Kier molecular flexibility index (Phi) is 7.50. The van der Waals surface area contributed by atoms with Gasteiger partial charge in [-0.05, 0) is 36.7 Å². The highest BCUT2D eigenvalue weighted by molar-refractivity contribution is 14.2. The molecule has 0 radical (unpaired) electrons. The van der Waals surface area contributed by atoms with Crippen molar-refractivity contribution in [3.63, 3.8) is 0 Å². The van der Waals surface area contributed by atoms with E-state index in [1.165, 1.54) is 6.54 Å². The van der Waals surface area contributed by atoms with Crippen molar-refractivity contribution in [3.05, 3.63) is 0 Å².